The molecule has 3 rings (SSSR count). The fraction of sp³-hybridized carbons (Fsp3) is 0.412. The molecule has 0 saturated carbocycles. The maximum Gasteiger partial charge on any atom is 0.159 e. The standard InChI is InChI=1S/C17H22F2N6/c18-12-4-5-14(13(19)10-12)24-17-15(20)16(22-11-23-17)21-6-9-25-7-2-1-3-8-25/h4-5,10-11H,1-3,6-9,20H2,(H2,21,22,23,24). The average Bonchev–Trinajstić information content (AvgIpc) is 2.61. The van der Waals surface area contributed by atoms with Gasteiger partial charge in [-0.2, -0.15) is 0 Å². The van der Waals surface area contributed by atoms with E-state index in [1.54, 1.807) is 0 Å². The highest BCUT2D eigenvalue weighted by atomic mass is 19.1. The fourth-order valence-electron chi connectivity index (χ4n) is 2.87. The third kappa shape index (κ3) is 4.54. The van der Waals surface area contributed by atoms with Gasteiger partial charge in [0, 0.05) is 19.2 Å². The highest BCUT2D eigenvalue weighted by Gasteiger charge is 2.12. The van der Waals surface area contributed by atoms with Crippen molar-refractivity contribution in [2.45, 2.75) is 19.3 Å². The Kier molecular flexibility index (Phi) is 5.60. The summed E-state index contributed by atoms with van der Waals surface area (Å²) in [6.45, 7) is 3.87. The van der Waals surface area contributed by atoms with Crippen molar-refractivity contribution in [1.29, 1.82) is 0 Å². The number of hydrogen-bond acceptors (Lipinski definition) is 6. The van der Waals surface area contributed by atoms with Crippen molar-refractivity contribution in [1.82, 2.24) is 14.9 Å². The number of likely N-dealkylation sites (tertiary alicyclic amines) is 1. The van der Waals surface area contributed by atoms with Crippen LogP contribution in [0, 0.1) is 11.6 Å². The van der Waals surface area contributed by atoms with Crippen molar-refractivity contribution in [2.24, 2.45) is 0 Å². The van der Waals surface area contributed by atoms with Crippen LogP contribution in [0.4, 0.5) is 31.8 Å². The highest BCUT2D eigenvalue weighted by molar-refractivity contribution is 5.77. The van der Waals surface area contributed by atoms with Crippen LogP contribution in [0.25, 0.3) is 0 Å². The molecule has 134 valence electrons. The number of aromatic nitrogens is 2. The Morgan fingerprint density at radius 2 is 1.84 bits per heavy atom. The van der Waals surface area contributed by atoms with Gasteiger partial charge in [0.1, 0.15) is 23.6 Å². The topological polar surface area (TPSA) is 79.1 Å². The Labute approximate surface area is 145 Å². The van der Waals surface area contributed by atoms with Crippen LogP contribution in [0.15, 0.2) is 24.5 Å². The van der Waals surface area contributed by atoms with Crippen molar-refractivity contribution in [3.8, 4) is 0 Å². The summed E-state index contributed by atoms with van der Waals surface area (Å²) in [6, 6.07) is 3.27. The van der Waals surface area contributed by atoms with Crippen molar-refractivity contribution >= 4 is 23.0 Å². The van der Waals surface area contributed by atoms with E-state index in [0.717, 1.165) is 25.7 Å². The molecule has 25 heavy (non-hydrogen) atoms. The van der Waals surface area contributed by atoms with Crippen LogP contribution in [0.2, 0.25) is 0 Å². The van der Waals surface area contributed by atoms with Gasteiger partial charge in [0.25, 0.3) is 0 Å². The number of nitrogens with one attached hydrogen (secondary N) is 2. The Morgan fingerprint density at radius 3 is 2.60 bits per heavy atom. The molecule has 0 atom stereocenters. The number of nitrogens with zero attached hydrogens (tertiary/aromatic N) is 3. The van der Waals surface area contributed by atoms with E-state index in [1.165, 1.54) is 37.7 Å². The molecule has 0 aliphatic carbocycles. The van der Waals surface area contributed by atoms with E-state index >= 15 is 0 Å². The zero-order valence-electron chi connectivity index (χ0n) is 13.9. The number of halogens is 2. The Bertz CT molecular complexity index is 718. The Balaban J connectivity index is 1.63. The summed E-state index contributed by atoms with van der Waals surface area (Å²) in [5, 5.41) is 5.98. The lowest BCUT2D eigenvalue weighted by atomic mass is 10.1. The van der Waals surface area contributed by atoms with Gasteiger partial charge >= 0.3 is 0 Å². The largest absolute Gasteiger partial charge is 0.393 e. The summed E-state index contributed by atoms with van der Waals surface area (Å²) < 4.78 is 26.8. The predicted molar refractivity (Wildman–Crippen MR) is 94.9 cm³/mol. The summed E-state index contributed by atoms with van der Waals surface area (Å²) in [5.74, 6) is -0.575. The zero-order valence-corrected chi connectivity index (χ0v) is 13.9. The smallest absolute Gasteiger partial charge is 0.159 e. The number of hydrogen-bond donors (Lipinski definition) is 3. The van der Waals surface area contributed by atoms with Gasteiger partial charge in [0.05, 0.1) is 5.69 Å². The molecule has 1 aromatic heterocycles. The summed E-state index contributed by atoms with van der Waals surface area (Å²) in [7, 11) is 0. The van der Waals surface area contributed by atoms with Gasteiger partial charge in [-0.05, 0) is 38.1 Å². The van der Waals surface area contributed by atoms with Gasteiger partial charge in [-0.3, -0.25) is 0 Å². The molecule has 1 aliphatic rings. The van der Waals surface area contributed by atoms with Crippen molar-refractivity contribution in [2.75, 3.05) is 42.5 Å². The molecule has 1 aromatic carbocycles. The lowest BCUT2D eigenvalue weighted by Gasteiger charge is -2.26. The van der Waals surface area contributed by atoms with Crippen LogP contribution in [0.3, 0.4) is 0 Å². The molecule has 2 heterocycles. The van der Waals surface area contributed by atoms with E-state index in [2.05, 4.69) is 25.5 Å². The van der Waals surface area contributed by atoms with Gasteiger partial charge < -0.3 is 21.3 Å². The van der Waals surface area contributed by atoms with Crippen LogP contribution in [0.5, 0.6) is 0 Å². The molecule has 1 saturated heterocycles. The second kappa shape index (κ2) is 8.06. The minimum atomic E-state index is -0.711. The molecule has 6 nitrogen and oxygen atoms in total. The lowest BCUT2D eigenvalue weighted by molar-refractivity contribution is 0.237. The molecule has 2 aromatic rings. The van der Waals surface area contributed by atoms with Crippen LogP contribution in [0.1, 0.15) is 19.3 Å². The minimum Gasteiger partial charge on any atom is -0.393 e. The molecule has 0 amide bonds. The number of nitrogen functional groups attached to an aromatic ring is 1. The minimum absolute atomic E-state index is 0.103. The first kappa shape index (κ1) is 17.3. The third-order valence-electron chi connectivity index (χ3n) is 4.24. The van der Waals surface area contributed by atoms with E-state index in [-0.39, 0.29) is 11.5 Å². The monoisotopic (exact) mass is 348 g/mol. The molecule has 1 aliphatic heterocycles. The summed E-state index contributed by atoms with van der Waals surface area (Å²) in [5.41, 5.74) is 6.47. The fourth-order valence-corrected chi connectivity index (χ4v) is 2.87. The van der Waals surface area contributed by atoms with Gasteiger partial charge in [-0.25, -0.2) is 18.7 Å². The van der Waals surface area contributed by atoms with Crippen LogP contribution in [-0.4, -0.2) is 41.0 Å². The molecule has 1 fully saturated rings. The van der Waals surface area contributed by atoms with E-state index in [1.807, 2.05) is 0 Å². The summed E-state index contributed by atoms with van der Waals surface area (Å²) >= 11 is 0. The molecule has 0 bridgehead atoms. The second-order valence-electron chi connectivity index (χ2n) is 6.06. The molecular formula is C17H22F2N6. The molecule has 0 radical (unpaired) electrons. The number of nitrogens with two attached hydrogens (primary N) is 1. The zero-order chi connectivity index (χ0) is 17.6. The number of piperidine rings is 1. The maximum absolute atomic E-state index is 13.8. The number of rotatable bonds is 6. The normalized spacial score (nSPS) is 15.1. The lowest BCUT2D eigenvalue weighted by Crippen LogP contribution is -2.33. The number of benzene rings is 1. The van der Waals surface area contributed by atoms with Gasteiger partial charge in [0.2, 0.25) is 0 Å². The summed E-state index contributed by atoms with van der Waals surface area (Å²) in [4.78, 5) is 10.6. The van der Waals surface area contributed by atoms with E-state index in [9.17, 15) is 8.78 Å². The molecular weight excluding hydrogens is 326 g/mol. The van der Waals surface area contributed by atoms with E-state index in [4.69, 9.17) is 5.73 Å². The van der Waals surface area contributed by atoms with Crippen LogP contribution < -0.4 is 16.4 Å². The Morgan fingerprint density at radius 1 is 1.08 bits per heavy atom. The molecule has 8 heteroatoms. The first-order chi connectivity index (χ1) is 12.1. The van der Waals surface area contributed by atoms with Crippen LogP contribution in [-0.2, 0) is 0 Å². The van der Waals surface area contributed by atoms with E-state index in [0.29, 0.717) is 18.1 Å². The third-order valence-corrected chi connectivity index (χ3v) is 4.24. The Hall–Kier alpha value is -2.48. The second-order valence-corrected chi connectivity index (χ2v) is 6.06. The van der Waals surface area contributed by atoms with Crippen molar-refractivity contribution < 1.29 is 8.78 Å². The van der Waals surface area contributed by atoms with Crippen LogP contribution >= 0.6 is 0 Å². The van der Waals surface area contributed by atoms with Gasteiger partial charge in [0.15, 0.2) is 11.6 Å². The van der Waals surface area contributed by atoms with Crippen molar-refractivity contribution in [3.63, 3.8) is 0 Å². The molecule has 0 unspecified atom stereocenters. The predicted octanol–water partition coefficient (Wildman–Crippen LogP) is 2.98. The quantitative estimate of drug-likeness (QED) is 0.745. The molecule has 0 spiro atoms. The van der Waals surface area contributed by atoms with Gasteiger partial charge in [-0.15, -0.1) is 0 Å². The molecule has 4 N–H and O–H groups in total. The van der Waals surface area contributed by atoms with E-state index < -0.39 is 11.6 Å². The highest BCUT2D eigenvalue weighted by Crippen LogP contribution is 2.27. The summed E-state index contributed by atoms with van der Waals surface area (Å²) in [6.07, 6.45) is 5.14. The van der Waals surface area contributed by atoms with Crippen molar-refractivity contribution in [3.05, 3.63) is 36.2 Å². The number of anilines is 4. The first-order valence-corrected chi connectivity index (χ1v) is 8.42. The van der Waals surface area contributed by atoms with Gasteiger partial charge in [-0.1, -0.05) is 6.42 Å². The SMILES string of the molecule is Nc1c(NCCN2CCCCC2)ncnc1Nc1ccc(F)cc1F. The first-order valence-electron chi connectivity index (χ1n) is 8.42. The maximum atomic E-state index is 13.8. The average molecular weight is 348 g/mol.